The first kappa shape index (κ1) is 20.0. The van der Waals surface area contributed by atoms with Crippen molar-refractivity contribution in [1.29, 1.82) is 0 Å². The van der Waals surface area contributed by atoms with Crippen molar-refractivity contribution in [2.45, 2.75) is 13.8 Å². The predicted octanol–water partition coefficient (Wildman–Crippen LogP) is 3.48. The largest absolute Gasteiger partial charge is 0.493 e. The number of benzene rings is 2. The first-order valence-electron chi connectivity index (χ1n) is 8.59. The molecule has 0 radical (unpaired) electrons. The average molecular weight is 368 g/mol. The number of methoxy groups -OCH3 is 1. The molecule has 0 aromatic heterocycles. The maximum atomic E-state index is 12.1. The van der Waals surface area contributed by atoms with Gasteiger partial charge >= 0.3 is 0 Å². The van der Waals surface area contributed by atoms with Gasteiger partial charge in [-0.15, -0.1) is 0 Å². The Kier molecular flexibility index (Phi) is 7.00. The minimum atomic E-state index is -0.512. The molecule has 0 aliphatic heterocycles. The van der Waals surface area contributed by atoms with Crippen LogP contribution in [0.5, 0.6) is 11.5 Å². The second kappa shape index (κ2) is 9.43. The fourth-order valence-electron chi connectivity index (χ4n) is 2.24. The summed E-state index contributed by atoms with van der Waals surface area (Å²) in [6, 6.07) is 11.8. The van der Waals surface area contributed by atoms with Crippen LogP contribution in [-0.4, -0.2) is 25.5 Å². The topological polar surface area (TPSA) is 90.6 Å². The number of primary amides is 1. The summed E-state index contributed by atoms with van der Waals surface area (Å²) in [6.07, 6.45) is 3.10. The van der Waals surface area contributed by atoms with Crippen molar-refractivity contribution >= 4 is 23.6 Å². The van der Waals surface area contributed by atoms with E-state index in [1.165, 1.54) is 6.08 Å². The van der Waals surface area contributed by atoms with Gasteiger partial charge in [0.25, 0.3) is 0 Å². The van der Waals surface area contributed by atoms with Crippen LogP contribution >= 0.6 is 0 Å². The van der Waals surface area contributed by atoms with E-state index in [0.29, 0.717) is 35.3 Å². The van der Waals surface area contributed by atoms with Crippen LogP contribution < -0.4 is 20.5 Å². The minimum Gasteiger partial charge on any atom is -0.493 e. The highest BCUT2D eigenvalue weighted by Crippen LogP contribution is 2.29. The summed E-state index contributed by atoms with van der Waals surface area (Å²) in [5, 5.41) is 2.72. The van der Waals surface area contributed by atoms with Crippen LogP contribution in [0, 0.1) is 5.92 Å². The van der Waals surface area contributed by atoms with Crippen molar-refractivity contribution in [2.75, 3.05) is 19.0 Å². The SMILES string of the molecule is COc1cc(C=CC(=O)Nc2ccc(C(N)=O)cc2)ccc1OCC(C)C. The Hall–Kier alpha value is -3.28. The summed E-state index contributed by atoms with van der Waals surface area (Å²) in [5.74, 6) is 0.890. The van der Waals surface area contributed by atoms with E-state index in [9.17, 15) is 9.59 Å². The number of hydrogen-bond acceptors (Lipinski definition) is 4. The third-order valence-electron chi connectivity index (χ3n) is 3.62. The van der Waals surface area contributed by atoms with Crippen LogP contribution in [0.1, 0.15) is 29.8 Å². The molecule has 0 aliphatic carbocycles. The van der Waals surface area contributed by atoms with Crippen molar-refractivity contribution in [3.8, 4) is 11.5 Å². The highest BCUT2D eigenvalue weighted by Gasteiger charge is 2.06. The van der Waals surface area contributed by atoms with Gasteiger partial charge in [-0.3, -0.25) is 9.59 Å². The predicted molar refractivity (Wildman–Crippen MR) is 106 cm³/mol. The summed E-state index contributed by atoms with van der Waals surface area (Å²) < 4.78 is 11.1. The van der Waals surface area contributed by atoms with Gasteiger partial charge in [0.2, 0.25) is 11.8 Å². The number of nitrogens with two attached hydrogens (primary N) is 1. The van der Waals surface area contributed by atoms with Gasteiger partial charge in [-0.1, -0.05) is 19.9 Å². The van der Waals surface area contributed by atoms with Gasteiger partial charge in [0, 0.05) is 17.3 Å². The van der Waals surface area contributed by atoms with Gasteiger partial charge in [0.1, 0.15) is 0 Å². The standard InChI is InChI=1S/C21H24N2O4/c1-14(2)13-27-18-10-4-15(12-19(18)26-3)5-11-20(24)23-17-8-6-16(7-9-17)21(22)25/h4-12,14H,13H2,1-3H3,(H2,22,25)(H,23,24). The van der Waals surface area contributed by atoms with Crippen LogP contribution in [0.3, 0.4) is 0 Å². The molecule has 6 heteroatoms. The molecule has 0 saturated heterocycles. The van der Waals surface area contributed by atoms with Gasteiger partial charge in [-0.05, 0) is 54.0 Å². The molecular weight excluding hydrogens is 344 g/mol. The van der Waals surface area contributed by atoms with Crippen LogP contribution in [0.2, 0.25) is 0 Å². The zero-order valence-corrected chi connectivity index (χ0v) is 15.7. The van der Waals surface area contributed by atoms with Crippen LogP contribution in [0.4, 0.5) is 5.69 Å². The summed E-state index contributed by atoms with van der Waals surface area (Å²) in [4.78, 5) is 23.1. The third-order valence-corrected chi connectivity index (χ3v) is 3.62. The molecule has 0 unspecified atom stereocenters. The zero-order valence-electron chi connectivity index (χ0n) is 15.7. The molecule has 2 rings (SSSR count). The Morgan fingerprint density at radius 1 is 1.11 bits per heavy atom. The Morgan fingerprint density at radius 2 is 1.81 bits per heavy atom. The molecule has 2 amide bonds. The van der Waals surface area contributed by atoms with E-state index in [1.54, 1.807) is 43.5 Å². The van der Waals surface area contributed by atoms with Crippen molar-refractivity contribution in [3.05, 3.63) is 59.7 Å². The number of carbonyl (C=O) groups excluding carboxylic acids is 2. The van der Waals surface area contributed by atoms with E-state index in [0.717, 1.165) is 5.56 Å². The fraction of sp³-hybridized carbons (Fsp3) is 0.238. The first-order valence-corrected chi connectivity index (χ1v) is 8.59. The molecule has 2 aromatic carbocycles. The summed E-state index contributed by atoms with van der Waals surface area (Å²) >= 11 is 0. The number of nitrogens with one attached hydrogen (secondary N) is 1. The Bertz CT molecular complexity index is 827. The number of hydrogen-bond donors (Lipinski definition) is 2. The third kappa shape index (κ3) is 6.18. The molecular formula is C21H24N2O4. The van der Waals surface area contributed by atoms with Crippen LogP contribution in [0.25, 0.3) is 6.08 Å². The molecule has 6 nitrogen and oxygen atoms in total. The normalized spacial score (nSPS) is 10.8. The highest BCUT2D eigenvalue weighted by atomic mass is 16.5. The van der Waals surface area contributed by atoms with E-state index in [2.05, 4.69) is 19.2 Å². The summed E-state index contributed by atoms with van der Waals surface area (Å²) in [6.45, 7) is 4.75. The van der Waals surface area contributed by atoms with Gasteiger partial charge in [-0.25, -0.2) is 0 Å². The zero-order chi connectivity index (χ0) is 19.8. The molecule has 27 heavy (non-hydrogen) atoms. The lowest BCUT2D eigenvalue weighted by atomic mass is 10.1. The van der Waals surface area contributed by atoms with Crippen LogP contribution in [0.15, 0.2) is 48.5 Å². The fourth-order valence-corrected chi connectivity index (χ4v) is 2.24. The van der Waals surface area contributed by atoms with Crippen molar-refractivity contribution in [1.82, 2.24) is 0 Å². The van der Waals surface area contributed by atoms with Gasteiger partial charge in [-0.2, -0.15) is 0 Å². The van der Waals surface area contributed by atoms with E-state index in [1.807, 2.05) is 12.1 Å². The van der Waals surface area contributed by atoms with Gasteiger partial charge in [0.05, 0.1) is 13.7 Å². The molecule has 0 heterocycles. The molecule has 142 valence electrons. The number of amides is 2. The Balaban J connectivity index is 2.01. The molecule has 0 spiro atoms. The monoisotopic (exact) mass is 368 g/mol. The molecule has 0 fully saturated rings. The van der Waals surface area contributed by atoms with Crippen molar-refractivity contribution in [2.24, 2.45) is 11.7 Å². The Morgan fingerprint density at radius 3 is 2.41 bits per heavy atom. The van der Waals surface area contributed by atoms with Crippen molar-refractivity contribution in [3.63, 3.8) is 0 Å². The number of carbonyl (C=O) groups is 2. The van der Waals surface area contributed by atoms with Crippen LogP contribution in [-0.2, 0) is 4.79 Å². The van der Waals surface area contributed by atoms with Gasteiger partial charge < -0.3 is 20.5 Å². The number of ether oxygens (including phenoxy) is 2. The van der Waals surface area contributed by atoms with Gasteiger partial charge in [0.15, 0.2) is 11.5 Å². The average Bonchev–Trinajstić information content (AvgIpc) is 2.65. The van der Waals surface area contributed by atoms with Crippen molar-refractivity contribution < 1.29 is 19.1 Å². The summed E-state index contributed by atoms with van der Waals surface area (Å²) in [7, 11) is 1.58. The van der Waals surface area contributed by atoms with E-state index in [-0.39, 0.29) is 5.91 Å². The molecule has 0 aliphatic rings. The lowest BCUT2D eigenvalue weighted by Crippen LogP contribution is -2.11. The highest BCUT2D eigenvalue weighted by molar-refractivity contribution is 6.02. The molecule has 0 saturated carbocycles. The maximum absolute atomic E-state index is 12.1. The molecule has 0 atom stereocenters. The Labute approximate surface area is 159 Å². The molecule has 3 N–H and O–H groups in total. The van der Waals surface area contributed by atoms with E-state index < -0.39 is 5.91 Å². The molecule has 0 bridgehead atoms. The van der Waals surface area contributed by atoms with E-state index >= 15 is 0 Å². The maximum Gasteiger partial charge on any atom is 0.248 e. The first-order chi connectivity index (χ1) is 12.9. The van der Waals surface area contributed by atoms with E-state index in [4.69, 9.17) is 15.2 Å². The number of anilines is 1. The quantitative estimate of drug-likeness (QED) is 0.698. The second-order valence-electron chi connectivity index (χ2n) is 6.38. The minimum absolute atomic E-state index is 0.291. The lowest BCUT2D eigenvalue weighted by Gasteiger charge is -2.12. The lowest BCUT2D eigenvalue weighted by molar-refractivity contribution is -0.111. The summed E-state index contributed by atoms with van der Waals surface area (Å²) in [5.41, 5.74) is 6.96. The number of rotatable bonds is 8. The smallest absolute Gasteiger partial charge is 0.248 e. The second-order valence-corrected chi connectivity index (χ2v) is 6.38. The molecule has 2 aromatic rings.